The van der Waals surface area contributed by atoms with Crippen LogP contribution in [0.15, 0.2) is 30.3 Å². The summed E-state index contributed by atoms with van der Waals surface area (Å²) in [4.78, 5) is 3.07. The molecular weight excluding hydrogens is 226 g/mol. The van der Waals surface area contributed by atoms with Crippen molar-refractivity contribution in [3.63, 3.8) is 0 Å². The van der Waals surface area contributed by atoms with E-state index in [9.17, 15) is 10.2 Å². The van der Waals surface area contributed by atoms with E-state index in [-0.39, 0.29) is 11.5 Å². The van der Waals surface area contributed by atoms with E-state index in [4.69, 9.17) is 11.6 Å². The van der Waals surface area contributed by atoms with Gasteiger partial charge in [-0.05, 0) is 24.3 Å². The van der Waals surface area contributed by atoms with Gasteiger partial charge in [0.2, 0.25) is 0 Å². The molecule has 0 saturated carbocycles. The van der Waals surface area contributed by atoms with Gasteiger partial charge >= 0.3 is 0 Å². The molecule has 3 aromatic rings. The maximum Gasteiger partial charge on any atom is 0.158 e. The van der Waals surface area contributed by atoms with Crippen molar-refractivity contribution in [3.8, 4) is 11.5 Å². The molecule has 0 fully saturated rings. The first-order chi connectivity index (χ1) is 7.66. The number of hydrogen-bond acceptors (Lipinski definition) is 2. The standard InChI is InChI=1S/C12H8ClNO2/c13-9-3-2-7-8-5-6(15)1-4-10(8)14-11(7)12(9)16/h1-5,14-16H. The van der Waals surface area contributed by atoms with Gasteiger partial charge in [-0.2, -0.15) is 0 Å². The quantitative estimate of drug-likeness (QED) is 0.558. The van der Waals surface area contributed by atoms with Crippen LogP contribution >= 0.6 is 11.6 Å². The maximum absolute atomic E-state index is 9.80. The molecule has 0 bridgehead atoms. The van der Waals surface area contributed by atoms with Crippen molar-refractivity contribution >= 4 is 33.4 Å². The largest absolute Gasteiger partial charge is 0.508 e. The van der Waals surface area contributed by atoms with E-state index in [0.717, 1.165) is 16.3 Å². The van der Waals surface area contributed by atoms with E-state index in [1.54, 1.807) is 24.3 Å². The van der Waals surface area contributed by atoms with Crippen LogP contribution in [0.3, 0.4) is 0 Å². The Morgan fingerprint density at radius 1 is 1.00 bits per heavy atom. The molecule has 2 aromatic carbocycles. The van der Waals surface area contributed by atoms with Gasteiger partial charge in [0.15, 0.2) is 5.75 Å². The number of aromatic amines is 1. The summed E-state index contributed by atoms with van der Waals surface area (Å²) in [5, 5.41) is 21.2. The third-order valence-electron chi connectivity index (χ3n) is 2.68. The highest BCUT2D eigenvalue weighted by atomic mass is 35.5. The minimum Gasteiger partial charge on any atom is -0.508 e. The Kier molecular flexibility index (Phi) is 1.79. The molecule has 0 spiro atoms. The zero-order valence-corrected chi connectivity index (χ0v) is 8.92. The van der Waals surface area contributed by atoms with E-state index in [0.29, 0.717) is 10.5 Å². The smallest absolute Gasteiger partial charge is 0.158 e. The molecule has 0 atom stereocenters. The van der Waals surface area contributed by atoms with Crippen molar-refractivity contribution in [1.82, 2.24) is 4.98 Å². The number of halogens is 1. The summed E-state index contributed by atoms with van der Waals surface area (Å²) in [6, 6.07) is 8.46. The Morgan fingerprint density at radius 2 is 1.81 bits per heavy atom. The van der Waals surface area contributed by atoms with Crippen LogP contribution in [0.1, 0.15) is 0 Å². The fraction of sp³-hybridized carbons (Fsp3) is 0. The summed E-state index contributed by atoms with van der Waals surface area (Å²) in [7, 11) is 0. The van der Waals surface area contributed by atoms with Gasteiger partial charge in [-0.25, -0.2) is 0 Å². The number of benzene rings is 2. The second-order valence-corrected chi connectivity index (χ2v) is 4.08. The second-order valence-electron chi connectivity index (χ2n) is 3.67. The second kappa shape index (κ2) is 3.06. The van der Waals surface area contributed by atoms with E-state index in [1.165, 1.54) is 0 Å². The third-order valence-corrected chi connectivity index (χ3v) is 2.99. The lowest BCUT2D eigenvalue weighted by molar-refractivity contribution is 0.476. The Balaban J connectivity index is 2.56. The Bertz CT molecular complexity index is 703. The first kappa shape index (κ1) is 9.36. The minimum absolute atomic E-state index is 0.0369. The summed E-state index contributed by atoms with van der Waals surface area (Å²) >= 11 is 5.83. The molecule has 1 aromatic heterocycles. The third kappa shape index (κ3) is 1.15. The minimum atomic E-state index is 0.0369. The zero-order chi connectivity index (χ0) is 11.3. The molecule has 0 aliphatic heterocycles. The predicted octanol–water partition coefficient (Wildman–Crippen LogP) is 3.39. The van der Waals surface area contributed by atoms with Crippen molar-refractivity contribution in [2.45, 2.75) is 0 Å². The van der Waals surface area contributed by atoms with Crippen molar-refractivity contribution < 1.29 is 10.2 Å². The number of hydrogen-bond donors (Lipinski definition) is 3. The molecule has 4 heteroatoms. The van der Waals surface area contributed by atoms with Crippen molar-refractivity contribution in [2.24, 2.45) is 0 Å². The molecule has 0 amide bonds. The van der Waals surface area contributed by atoms with Gasteiger partial charge in [0.05, 0.1) is 10.5 Å². The van der Waals surface area contributed by atoms with E-state index >= 15 is 0 Å². The zero-order valence-electron chi connectivity index (χ0n) is 8.16. The van der Waals surface area contributed by atoms with Gasteiger partial charge in [0, 0.05) is 16.3 Å². The highest BCUT2D eigenvalue weighted by molar-refractivity contribution is 6.33. The molecule has 80 valence electrons. The fourth-order valence-electron chi connectivity index (χ4n) is 1.92. The normalized spacial score (nSPS) is 11.3. The number of phenols is 2. The lowest BCUT2D eigenvalue weighted by Gasteiger charge is -1.97. The number of fused-ring (bicyclic) bond motifs is 3. The van der Waals surface area contributed by atoms with Gasteiger partial charge in [0.25, 0.3) is 0 Å². The molecule has 0 aliphatic carbocycles. The van der Waals surface area contributed by atoms with Crippen LogP contribution in [-0.2, 0) is 0 Å². The Labute approximate surface area is 95.9 Å². The average Bonchev–Trinajstić information content (AvgIpc) is 2.62. The predicted molar refractivity (Wildman–Crippen MR) is 64.1 cm³/mol. The van der Waals surface area contributed by atoms with Gasteiger partial charge in [-0.15, -0.1) is 0 Å². The van der Waals surface area contributed by atoms with Crippen LogP contribution in [0.4, 0.5) is 0 Å². The highest BCUT2D eigenvalue weighted by Gasteiger charge is 2.10. The molecule has 3 nitrogen and oxygen atoms in total. The summed E-state index contributed by atoms with van der Waals surface area (Å²) in [6.45, 7) is 0. The van der Waals surface area contributed by atoms with Crippen LogP contribution in [0.5, 0.6) is 11.5 Å². The lowest BCUT2D eigenvalue weighted by Crippen LogP contribution is -1.71. The topological polar surface area (TPSA) is 56.2 Å². The molecule has 3 rings (SSSR count). The maximum atomic E-state index is 9.80. The average molecular weight is 234 g/mol. The van der Waals surface area contributed by atoms with Crippen LogP contribution < -0.4 is 0 Å². The van der Waals surface area contributed by atoms with Gasteiger partial charge in [-0.1, -0.05) is 17.7 Å². The number of rotatable bonds is 0. The molecule has 16 heavy (non-hydrogen) atoms. The van der Waals surface area contributed by atoms with E-state index in [1.807, 2.05) is 6.07 Å². The van der Waals surface area contributed by atoms with Crippen molar-refractivity contribution in [1.29, 1.82) is 0 Å². The first-order valence-corrected chi connectivity index (χ1v) is 5.16. The summed E-state index contributed by atoms with van der Waals surface area (Å²) in [6.07, 6.45) is 0. The molecule has 3 N–H and O–H groups in total. The van der Waals surface area contributed by atoms with Crippen LogP contribution in [0, 0.1) is 0 Å². The van der Waals surface area contributed by atoms with Crippen LogP contribution in [-0.4, -0.2) is 15.2 Å². The van der Waals surface area contributed by atoms with Gasteiger partial charge in [-0.3, -0.25) is 0 Å². The number of phenolic OH excluding ortho intramolecular Hbond substituents is 2. The molecule has 0 unspecified atom stereocenters. The molecular formula is C12H8ClNO2. The molecule has 0 saturated heterocycles. The molecule has 1 heterocycles. The summed E-state index contributed by atoms with van der Waals surface area (Å²) in [5.41, 5.74) is 1.44. The number of nitrogens with one attached hydrogen (secondary N) is 1. The summed E-state index contributed by atoms with van der Waals surface area (Å²) < 4.78 is 0. The van der Waals surface area contributed by atoms with Crippen LogP contribution in [0.2, 0.25) is 5.02 Å². The van der Waals surface area contributed by atoms with E-state index in [2.05, 4.69) is 4.98 Å². The Morgan fingerprint density at radius 3 is 2.62 bits per heavy atom. The highest BCUT2D eigenvalue weighted by Crippen LogP contribution is 2.36. The van der Waals surface area contributed by atoms with E-state index < -0.39 is 0 Å². The van der Waals surface area contributed by atoms with Crippen LogP contribution in [0.25, 0.3) is 21.8 Å². The number of aromatic hydroxyl groups is 2. The van der Waals surface area contributed by atoms with Gasteiger partial charge in [0.1, 0.15) is 5.75 Å². The molecule has 0 aliphatic rings. The number of H-pyrrole nitrogens is 1. The number of aromatic nitrogens is 1. The first-order valence-electron chi connectivity index (χ1n) is 4.78. The Hall–Kier alpha value is -1.87. The SMILES string of the molecule is Oc1ccc2[nH]c3c(O)c(Cl)ccc3c2c1. The lowest BCUT2D eigenvalue weighted by atomic mass is 10.1. The monoisotopic (exact) mass is 233 g/mol. The van der Waals surface area contributed by atoms with Gasteiger partial charge < -0.3 is 15.2 Å². The molecule has 0 radical (unpaired) electrons. The summed E-state index contributed by atoms with van der Waals surface area (Å²) in [5.74, 6) is 0.234. The van der Waals surface area contributed by atoms with Crippen molar-refractivity contribution in [3.05, 3.63) is 35.4 Å². The van der Waals surface area contributed by atoms with Crippen molar-refractivity contribution in [2.75, 3.05) is 0 Å². The fourth-order valence-corrected chi connectivity index (χ4v) is 2.07.